The van der Waals surface area contributed by atoms with Crippen LogP contribution in [0.3, 0.4) is 0 Å². The summed E-state index contributed by atoms with van der Waals surface area (Å²) in [5.41, 5.74) is 0. The minimum absolute atomic E-state index is 0.425. The SMILES string of the molecule is CCCNC(Cc1sccc1Br)c1cc2sccc2s1. The highest BCUT2D eigenvalue weighted by Gasteiger charge is 2.17. The smallest absolute Gasteiger partial charge is 0.0464 e. The normalized spacial score (nSPS) is 13.1. The Balaban J connectivity index is 1.85. The highest BCUT2D eigenvalue weighted by atomic mass is 79.9. The Morgan fingerprint density at radius 3 is 2.75 bits per heavy atom. The number of hydrogen-bond acceptors (Lipinski definition) is 4. The van der Waals surface area contributed by atoms with Gasteiger partial charge < -0.3 is 5.32 Å². The summed E-state index contributed by atoms with van der Waals surface area (Å²) in [6, 6.07) is 7.16. The topological polar surface area (TPSA) is 12.0 Å². The van der Waals surface area contributed by atoms with Gasteiger partial charge in [-0.1, -0.05) is 6.92 Å². The van der Waals surface area contributed by atoms with Crippen LogP contribution in [0, 0.1) is 0 Å². The molecule has 0 saturated heterocycles. The zero-order chi connectivity index (χ0) is 13.9. The first-order chi connectivity index (χ1) is 9.78. The number of halogens is 1. The number of fused-ring (bicyclic) bond motifs is 1. The van der Waals surface area contributed by atoms with E-state index in [1.165, 1.54) is 30.0 Å². The van der Waals surface area contributed by atoms with Crippen LogP contribution >= 0.6 is 49.9 Å². The highest BCUT2D eigenvalue weighted by Crippen LogP contribution is 2.36. The predicted octanol–water partition coefficient (Wildman–Crippen LogP) is 6.07. The summed E-state index contributed by atoms with van der Waals surface area (Å²) >= 11 is 9.25. The average molecular weight is 386 g/mol. The summed E-state index contributed by atoms with van der Waals surface area (Å²) in [6.07, 6.45) is 2.23. The average Bonchev–Trinajstić information content (AvgIpc) is 3.10. The van der Waals surface area contributed by atoms with Gasteiger partial charge in [0.1, 0.15) is 0 Å². The molecule has 1 nitrogen and oxygen atoms in total. The van der Waals surface area contributed by atoms with Crippen LogP contribution in [-0.4, -0.2) is 6.54 Å². The van der Waals surface area contributed by atoms with Crippen LogP contribution < -0.4 is 5.32 Å². The molecular weight excluding hydrogens is 370 g/mol. The van der Waals surface area contributed by atoms with Crippen molar-refractivity contribution in [1.29, 1.82) is 0 Å². The van der Waals surface area contributed by atoms with E-state index in [1.807, 2.05) is 34.0 Å². The van der Waals surface area contributed by atoms with E-state index in [-0.39, 0.29) is 0 Å². The molecule has 0 amide bonds. The second-order valence-corrected chi connectivity index (χ2v) is 8.62. The van der Waals surface area contributed by atoms with Crippen molar-refractivity contribution in [3.8, 4) is 0 Å². The quantitative estimate of drug-likeness (QED) is 0.542. The van der Waals surface area contributed by atoms with Crippen LogP contribution in [0.2, 0.25) is 0 Å². The van der Waals surface area contributed by atoms with Crippen LogP contribution in [0.25, 0.3) is 9.40 Å². The molecule has 3 aromatic rings. The van der Waals surface area contributed by atoms with Gasteiger partial charge in [0.15, 0.2) is 0 Å². The maximum Gasteiger partial charge on any atom is 0.0464 e. The molecule has 0 saturated carbocycles. The maximum absolute atomic E-state index is 3.70. The summed E-state index contributed by atoms with van der Waals surface area (Å²) in [6.45, 7) is 3.29. The minimum Gasteiger partial charge on any atom is -0.309 e. The molecular formula is C15H16BrNS3. The molecule has 0 bridgehead atoms. The third-order valence-electron chi connectivity index (χ3n) is 3.22. The van der Waals surface area contributed by atoms with Gasteiger partial charge in [-0.05, 0) is 57.9 Å². The van der Waals surface area contributed by atoms with Crippen molar-refractivity contribution in [2.75, 3.05) is 6.54 Å². The van der Waals surface area contributed by atoms with Crippen molar-refractivity contribution >= 4 is 59.3 Å². The number of nitrogens with one attached hydrogen (secondary N) is 1. The van der Waals surface area contributed by atoms with Gasteiger partial charge in [0.25, 0.3) is 0 Å². The molecule has 3 heterocycles. The molecule has 0 radical (unpaired) electrons. The van der Waals surface area contributed by atoms with Crippen LogP contribution in [0.15, 0.2) is 33.4 Å². The van der Waals surface area contributed by atoms with Gasteiger partial charge in [-0.15, -0.1) is 34.0 Å². The second kappa shape index (κ2) is 6.71. The molecule has 0 aliphatic carbocycles. The molecule has 0 spiro atoms. The van der Waals surface area contributed by atoms with Gasteiger partial charge in [-0.25, -0.2) is 0 Å². The molecule has 1 atom stereocenters. The Bertz CT molecular complexity index is 653. The monoisotopic (exact) mass is 385 g/mol. The highest BCUT2D eigenvalue weighted by molar-refractivity contribution is 9.10. The molecule has 20 heavy (non-hydrogen) atoms. The Hall–Kier alpha value is -0.200. The van der Waals surface area contributed by atoms with Gasteiger partial charge in [-0.3, -0.25) is 0 Å². The van der Waals surface area contributed by atoms with E-state index >= 15 is 0 Å². The van der Waals surface area contributed by atoms with Crippen molar-refractivity contribution in [3.05, 3.63) is 43.2 Å². The van der Waals surface area contributed by atoms with Gasteiger partial charge >= 0.3 is 0 Å². The van der Waals surface area contributed by atoms with Gasteiger partial charge in [0.05, 0.1) is 0 Å². The minimum atomic E-state index is 0.425. The van der Waals surface area contributed by atoms with Gasteiger partial charge in [-0.2, -0.15) is 0 Å². The largest absolute Gasteiger partial charge is 0.309 e. The first kappa shape index (κ1) is 14.7. The van der Waals surface area contributed by atoms with Gasteiger partial charge in [0, 0.05) is 36.1 Å². The number of rotatable bonds is 6. The molecule has 0 aromatic carbocycles. The van der Waals surface area contributed by atoms with Crippen molar-refractivity contribution in [2.24, 2.45) is 0 Å². The lowest BCUT2D eigenvalue weighted by Crippen LogP contribution is -2.23. The van der Waals surface area contributed by atoms with E-state index in [9.17, 15) is 0 Å². The van der Waals surface area contributed by atoms with Crippen molar-refractivity contribution in [2.45, 2.75) is 25.8 Å². The zero-order valence-corrected chi connectivity index (χ0v) is 15.2. The van der Waals surface area contributed by atoms with E-state index in [4.69, 9.17) is 0 Å². The Kier molecular flexibility index (Phi) is 4.94. The molecule has 0 aliphatic heterocycles. The predicted molar refractivity (Wildman–Crippen MR) is 96.5 cm³/mol. The zero-order valence-electron chi connectivity index (χ0n) is 11.2. The van der Waals surface area contributed by atoms with Crippen molar-refractivity contribution in [1.82, 2.24) is 5.32 Å². The summed E-state index contributed by atoms with van der Waals surface area (Å²) in [5.74, 6) is 0. The van der Waals surface area contributed by atoms with Crippen LogP contribution in [0.4, 0.5) is 0 Å². The molecule has 0 fully saturated rings. The van der Waals surface area contributed by atoms with E-state index < -0.39 is 0 Å². The Labute approximate surface area is 139 Å². The van der Waals surface area contributed by atoms with E-state index in [1.54, 1.807) is 0 Å². The first-order valence-corrected chi connectivity index (χ1v) is 10.1. The summed E-state index contributed by atoms with van der Waals surface area (Å²) < 4.78 is 4.07. The fourth-order valence-corrected chi connectivity index (χ4v) is 5.96. The molecule has 0 aliphatic rings. The summed E-state index contributed by atoms with van der Waals surface area (Å²) in [4.78, 5) is 2.89. The van der Waals surface area contributed by atoms with Gasteiger partial charge in [0.2, 0.25) is 0 Å². The lowest BCUT2D eigenvalue weighted by atomic mass is 10.1. The summed E-state index contributed by atoms with van der Waals surface area (Å²) in [7, 11) is 0. The van der Waals surface area contributed by atoms with E-state index in [0.717, 1.165) is 13.0 Å². The third-order valence-corrected chi connectivity index (χ3v) is 7.38. The molecule has 5 heteroatoms. The third kappa shape index (κ3) is 3.17. The number of hydrogen-bond donors (Lipinski definition) is 1. The first-order valence-electron chi connectivity index (χ1n) is 6.70. The van der Waals surface area contributed by atoms with Crippen LogP contribution in [0.5, 0.6) is 0 Å². The van der Waals surface area contributed by atoms with Crippen LogP contribution in [0.1, 0.15) is 29.1 Å². The molecule has 3 rings (SSSR count). The second-order valence-electron chi connectivity index (χ2n) is 4.70. The molecule has 1 unspecified atom stereocenters. The summed E-state index contributed by atoms with van der Waals surface area (Å²) in [5, 5.41) is 8.03. The van der Waals surface area contributed by atoms with Crippen molar-refractivity contribution < 1.29 is 0 Å². The molecule has 1 N–H and O–H groups in total. The van der Waals surface area contributed by atoms with E-state index in [0.29, 0.717) is 6.04 Å². The standard InChI is InChI=1S/C15H16BrNS3/c1-2-5-17-11(8-13-10(16)3-6-18-13)14-9-15-12(20-14)4-7-19-15/h3-4,6-7,9,11,17H,2,5,8H2,1H3. The van der Waals surface area contributed by atoms with Crippen LogP contribution in [-0.2, 0) is 6.42 Å². The fraction of sp³-hybridized carbons (Fsp3) is 0.333. The lowest BCUT2D eigenvalue weighted by Gasteiger charge is -2.16. The number of thiophene rings is 3. The lowest BCUT2D eigenvalue weighted by molar-refractivity contribution is 0.539. The maximum atomic E-state index is 3.70. The fourth-order valence-electron chi connectivity index (χ4n) is 2.20. The molecule has 3 aromatic heterocycles. The Morgan fingerprint density at radius 1 is 1.20 bits per heavy atom. The Morgan fingerprint density at radius 2 is 2.05 bits per heavy atom. The van der Waals surface area contributed by atoms with E-state index in [2.05, 4.69) is 57.1 Å². The molecule has 106 valence electrons. The van der Waals surface area contributed by atoms with Crippen molar-refractivity contribution in [3.63, 3.8) is 0 Å².